The lowest BCUT2D eigenvalue weighted by Crippen LogP contribution is -2.94. The maximum atomic E-state index is 11.3. The zero-order valence-electron chi connectivity index (χ0n) is 54.8. The van der Waals surface area contributed by atoms with Gasteiger partial charge in [-0.25, -0.2) is 9.59 Å². The molecule has 0 aliphatic heterocycles. The number of halogens is 3. The van der Waals surface area contributed by atoms with Crippen molar-refractivity contribution in [2.24, 2.45) is 0 Å². The molecule has 12 nitrogen and oxygen atoms in total. The van der Waals surface area contributed by atoms with Gasteiger partial charge in [-0.3, -0.25) is 19.9 Å². The van der Waals surface area contributed by atoms with E-state index >= 15 is 0 Å². The molecular formula is C32H38B48Br3N4O8. The lowest BCUT2D eigenvalue weighted by Gasteiger charge is -2.56. The Morgan fingerprint density at radius 3 is 1.03 bits per heavy atom. The molecule has 4 rings (SSSR count). The monoisotopic (exact) mass is 1370 g/mol. The summed E-state index contributed by atoms with van der Waals surface area (Å²) >= 11 is 9.86. The van der Waals surface area contributed by atoms with Crippen LogP contribution >= 0.6 is 47.8 Å². The van der Waals surface area contributed by atoms with Gasteiger partial charge in [-0.1, -0.05) is 0 Å². The van der Waals surface area contributed by atoms with Crippen LogP contribution in [0.2, 0.25) is 0 Å². The molecule has 4 aromatic rings. The van der Waals surface area contributed by atoms with Crippen LogP contribution in [0, 0.1) is 27.7 Å². The molecule has 0 aromatic carbocycles. The van der Waals surface area contributed by atoms with Crippen molar-refractivity contribution in [3.05, 3.63) is 108 Å². The van der Waals surface area contributed by atoms with Crippen molar-refractivity contribution in [2.75, 3.05) is 20.8 Å². The number of aliphatic hydroxyl groups is 1. The second-order valence-corrected chi connectivity index (χ2v) is 25.3. The van der Waals surface area contributed by atoms with E-state index in [9.17, 15) is 9.59 Å². The van der Waals surface area contributed by atoms with E-state index in [0.717, 1.165) is 43.0 Å². The number of ether oxygens (including phenoxy) is 3. The molecule has 399 valence electrons. The molecule has 0 spiro atoms. The maximum absolute atomic E-state index is 11.3. The van der Waals surface area contributed by atoms with Crippen LogP contribution in [0.25, 0.3) is 0 Å². The number of pyridine rings is 4. The van der Waals surface area contributed by atoms with Gasteiger partial charge in [-0.05, 0) is 112 Å². The number of carbonyl (C=O) groups is 2. The van der Waals surface area contributed by atoms with Crippen molar-refractivity contribution in [1.29, 1.82) is 0 Å². The first-order valence-corrected chi connectivity index (χ1v) is 31.9. The lowest BCUT2D eigenvalue weighted by atomic mass is 8.25. The number of aromatic nitrogens is 4. The smallest absolute Gasteiger partial charge is 0.465 e. The van der Waals surface area contributed by atoms with Gasteiger partial charge in [-0.15, -0.1) is 0 Å². The number of hydrogen-bond acceptors (Lipinski definition) is 12. The highest BCUT2D eigenvalue weighted by Crippen LogP contribution is 2.22. The summed E-state index contributed by atoms with van der Waals surface area (Å²) in [6.45, 7) is 10.1. The molecule has 0 bridgehead atoms. The van der Waals surface area contributed by atoms with Crippen LogP contribution in [0.5, 0.6) is 0 Å². The second-order valence-electron chi connectivity index (χ2n) is 22.6. The Hall–Kier alpha value is -0.0631. The average molecular weight is 1370 g/mol. The summed E-state index contributed by atoms with van der Waals surface area (Å²) in [7, 11) is 156. The van der Waals surface area contributed by atoms with Gasteiger partial charge in [-0.2, -0.15) is 0 Å². The van der Waals surface area contributed by atoms with Crippen LogP contribution in [0.4, 0.5) is 0 Å². The Morgan fingerprint density at radius 2 is 0.737 bits per heavy atom. The number of aryl methyl sites for hydroxylation is 4. The van der Waals surface area contributed by atoms with E-state index < -0.39 is 154 Å². The molecule has 4 heterocycles. The van der Waals surface area contributed by atoms with Gasteiger partial charge in [0.1, 0.15) is 0 Å². The number of rotatable bonds is 29. The standard InChI is InChI=1S/C9H10BrNO2.C8H10BNO4.C8H10BrNO.C7H8BrNO.B47/c1-3-13-9(12)8-4-7(10)5-11-6(8)2;1-5-7(8(11)14-2)3-6(4-10-5)9(12)13;1-6-7(5-11-2)3-8(9)4-10-6;1-5-6(4-10)2-7(8)3-9-5;1-25-37(24)43(36(22)23)46(42(34(18)19)35(20)21)47(44(38(26(2)3)27(4)5)39(28(6)7)29(8)9)45(40(30(10)11)31(12)13)41(32(14)15)33(16)17/h4-5H,3H2,1-2H3;3-4,12-13H,1-2H3;3-4H,5H2,1-2H3;2-3,10H,4H2,1H3;. The normalized spacial score (nSPS) is 9.74. The third-order valence-electron chi connectivity index (χ3n) is 15.7. The Kier molecular flexibility index (Phi) is 48.0. The topological polar surface area (TPSA) is 174 Å². The quantitative estimate of drug-likeness (QED) is 0.0347. The molecule has 0 aliphatic rings. The maximum Gasteiger partial charge on any atom is 0.490 e. The summed E-state index contributed by atoms with van der Waals surface area (Å²) in [6, 6.07) is 6.94. The summed E-state index contributed by atoms with van der Waals surface area (Å²) in [5.74, 6) is -0.869. The predicted molar refractivity (Wildman–Crippen MR) is 463 cm³/mol. The third-order valence-corrected chi connectivity index (χ3v) is 17.0. The van der Waals surface area contributed by atoms with Crippen molar-refractivity contribution >= 4 is 406 Å². The van der Waals surface area contributed by atoms with Crippen LogP contribution in [0.3, 0.4) is 0 Å². The van der Waals surface area contributed by atoms with Gasteiger partial charge >= 0.3 is 19.1 Å². The fourth-order valence-electron chi connectivity index (χ4n) is 11.3. The highest BCUT2D eigenvalue weighted by Gasteiger charge is 2.59. The molecule has 0 unspecified atom stereocenters. The molecule has 0 aliphatic carbocycles. The molecule has 3 N–H and O–H groups in total. The van der Waals surface area contributed by atoms with Crippen molar-refractivity contribution < 1.29 is 39.0 Å². The Balaban J connectivity index is 0.00000145. The lowest BCUT2D eigenvalue weighted by molar-refractivity contribution is 0.0523. The van der Waals surface area contributed by atoms with Crippen LogP contribution in [-0.4, -0.2) is 408 Å². The van der Waals surface area contributed by atoms with E-state index in [2.05, 4.69) is 72.5 Å². The first kappa shape index (κ1) is 94.9. The number of methoxy groups -OCH3 is 2. The van der Waals surface area contributed by atoms with Crippen LogP contribution in [0.1, 0.15) is 61.5 Å². The third kappa shape index (κ3) is 31.0. The molecule has 0 atom stereocenters. The summed E-state index contributed by atoms with van der Waals surface area (Å²) in [5.41, 5.74) is 5.98. The highest BCUT2D eigenvalue weighted by molar-refractivity contribution is 9.11. The van der Waals surface area contributed by atoms with E-state index in [1.807, 2.05) is 26.0 Å². The van der Waals surface area contributed by atoms with Crippen LogP contribution in [0.15, 0.2) is 62.5 Å². The number of nitrogens with zero attached hydrogens (tertiary/aromatic N) is 4. The molecule has 0 saturated heterocycles. The van der Waals surface area contributed by atoms with E-state index in [1.54, 1.807) is 52.5 Å². The molecular weight excluding hydrogens is 1330 g/mol. The SMILES string of the molecule is CCOC(=O)c1cc(Br)cnc1C.COC(=O)c1cc(B(O)O)cnc1C.COCc1cc(Br)cnc1C.Cc1ncc(Br)cc1CO.[B][B]B([B])B(B([B])[B])B(B(B([B])[B])B([B])[B])B(B(B(B([B])[B])B([B])[B])B(B([B])[B])B([B])[B])B(B(B([B])[B])B([B])[B])B(B([B])[B])B([B])[B]. The molecule has 0 amide bonds. The average Bonchev–Trinajstić information content (AvgIpc) is 0.739. The minimum Gasteiger partial charge on any atom is -0.465 e. The van der Waals surface area contributed by atoms with Crippen molar-refractivity contribution in [3.8, 4) is 0 Å². The van der Waals surface area contributed by atoms with Gasteiger partial charge in [0.25, 0.3) is 0 Å². The summed E-state index contributed by atoms with van der Waals surface area (Å²) in [5, 5.41) is 26.5. The first-order chi connectivity index (χ1) is 44.1. The minimum absolute atomic E-state index is 0.0538. The molecule has 4 aromatic heterocycles. The van der Waals surface area contributed by atoms with Crippen molar-refractivity contribution in [1.82, 2.24) is 19.9 Å². The fourth-order valence-corrected chi connectivity index (χ4v) is 12.4. The van der Waals surface area contributed by atoms with Gasteiger partial charge < -0.3 is 29.4 Å². The number of aliphatic hydroxyl groups excluding tert-OH is 1. The Bertz CT molecular complexity index is 2750. The van der Waals surface area contributed by atoms with Crippen molar-refractivity contribution in [3.63, 3.8) is 0 Å². The predicted octanol–water partition coefficient (Wildman–Crippen LogP) is -12.8. The second kappa shape index (κ2) is 48.1. The molecule has 63 heteroatoms. The van der Waals surface area contributed by atoms with Gasteiger partial charge in [0.15, 0.2) is 0 Å². The minimum atomic E-state index is -1.63. The largest absolute Gasteiger partial charge is 0.490 e. The van der Waals surface area contributed by atoms with Crippen LogP contribution in [-0.2, 0) is 27.4 Å². The van der Waals surface area contributed by atoms with Gasteiger partial charge in [0, 0.05) is 401 Å². The highest BCUT2D eigenvalue weighted by atomic mass is 79.9. The molecule has 95 heavy (non-hydrogen) atoms. The zero-order valence-corrected chi connectivity index (χ0v) is 59.5. The fraction of sp³-hybridized carbons (Fsp3) is 0.312. The van der Waals surface area contributed by atoms with E-state index in [4.69, 9.17) is 210 Å². The van der Waals surface area contributed by atoms with Crippen LogP contribution < -0.4 is 5.46 Å². The van der Waals surface area contributed by atoms with Gasteiger partial charge in [0.2, 0.25) is 0 Å². The van der Waals surface area contributed by atoms with E-state index in [1.165, 1.54) is 19.4 Å². The molecule has 49 radical (unpaired) electrons. The Labute approximate surface area is 634 Å². The molecule has 0 fully saturated rings. The zero-order chi connectivity index (χ0) is 73.8. The van der Waals surface area contributed by atoms with Gasteiger partial charge in [0.05, 0.1) is 49.4 Å². The van der Waals surface area contributed by atoms with E-state index in [-0.39, 0.29) is 23.6 Å². The first-order valence-electron chi connectivity index (χ1n) is 29.5. The Morgan fingerprint density at radius 1 is 0.442 bits per heavy atom. The summed E-state index contributed by atoms with van der Waals surface area (Å²) < 4.78 is 17.1. The number of hydrogen-bond donors (Lipinski definition) is 3. The van der Waals surface area contributed by atoms with E-state index in [0.29, 0.717) is 30.2 Å². The van der Waals surface area contributed by atoms with Crippen molar-refractivity contribution in [2.45, 2.75) is 47.8 Å². The summed E-state index contributed by atoms with van der Waals surface area (Å²) in [4.78, 5) is 38.6. The summed E-state index contributed by atoms with van der Waals surface area (Å²) in [6.07, 6.45) is -20.5. The molecule has 0 saturated carbocycles. The number of esters is 2. The number of carbonyl (C=O) groups excluding carboxylic acids is 2.